The van der Waals surface area contributed by atoms with E-state index in [2.05, 4.69) is 5.32 Å². The molecule has 1 heterocycles. The van der Waals surface area contributed by atoms with Crippen molar-refractivity contribution in [2.45, 2.75) is 25.8 Å². The molecular weight excluding hydrogens is 321 g/mol. The molecule has 118 valence electrons. The fourth-order valence-corrected chi connectivity index (χ4v) is 2.67. The van der Waals surface area contributed by atoms with Crippen molar-refractivity contribution in [3.63, 3.8) is 0 Å². The number of amides is 1. The van der Waals surface area contributed by atoms with Gasteiger partial charge in [0.15, 0.2) is 11.6 Å². The first-order valence-corrected chi connectivity index (χ1v) is 7.08. The lowest BCUT2D eigenvalue weighted by Crippen LogP contribution is -2.42. The van der Waals surface area contributed by atoms with E-state index in [0.717, 1.165) is 31.5 Å². The van der Waals surface area contributed by atoms with Crippen molar-refractivity contribution in [2.24, 2.45) is 0 Å². The van der Waals surface area contributed by atoms with Gasteiger partial charge in [0.1, 0.15) is 0 Å². The van der Waals surface area contributed by atoms with Gasteiger partial charge in [-0.05, 0) is 31.5 Å². The minimum absolute atomic E-state index is 0. The van der Waals surface area contributed by atoms with Crippen molar-refractivity contribution >= 4 is 29.9 Å². The molecule has 1 fully saturated rings. The molecule has 0 aliphatic carbocycles. The smallest absolute Gasteiger partial charge is 0.255 e. The number of rotatable bonds is 4. The Kier molecular flexibility index (Phi) is 6.84. The van der Waals surface area contributed by atoms with Gasteiger partial charge in [-0.25, -0.2) is 8.78 Å². The molecule has 1 aromatic rings. The summed E-state index contributed by atoms with van der Waals surface area (Å²) in [6, 6.07) is 1.80. The first-order valence-electron chi connectivity index (χ1n) is 6.70. The standard InChI is InChI=1S/C14H17ClF2N2O.ClH/c1-2-5-19(9-3-4-18-8-9)14(20)10-6-12(16)13(17)7-11(10)15;/h6-7,9,18H,2-5,8H2,1H3;1H. The van der Waals surface area contributed by atoms with E-state index in [1.807, 2.05) is 6.92 Å². The Morgan fingerprint density at radius 3 is 2.67 bits per heavy atom. The molecule has 0 spiro atoms. The molecule has 1 aliphatic rings. The topological polar surface area (TPSA) is 32.3 Å². The van der Waals surface area contributed by atoms with E-state index in [1.54, 1.807) is 4.90 Å². The maximum Gasteiger partial charge on any atom is 0.255 e. The van der Waals surface area contributed by atoms with Crippen molar-refractivity contribution in [2.75, 3.05) is 19.6 Å². The van der Waals surface area contributed by atoms with Gasteiger partial charge in [0, 0.05) is 19.1 Å². The number of carbonyl (C=O) groups excluding carboxylic acids is 1. The summed E-state index contributed by atoms with van der Waals surface area (Å²) in [5, 5.41) is 3.14. The predicted molar refractivity (Wildman–Crippen MR) is 81.2 cm³/mol. The third kappa shape index (κ3) is 4.05. The molecule has 21 heavy (non-hydrogen) atoms. The molecular formula is C14H18Cl2F2N2O. The third-order valence-electron chi connectivity index (χ3n) is 3.44. The SMILES string of the molecule is CCCN(C(=O)c1cc(F)c(F)cc1Cl)C1CCNC1.Cl. The molecule has 0 radical (unpaired) electrons. The van der Waals surface area contributed by atoms with Crippen LogP contribution in [0, 0.1) is 11.6 Å². The van der Waals surface area contributed by atoms with Crippen LogP contribution in [0.2, 0.25) is 5.02 Å². The lowest BCUT2D eigenvalue weighted by atomic mass is 10.1. The summed E-state index contributed by atoms with van der Waals surface area (Å²) in [4.78, 5) is 14.2. The summed E-state index contributed by atoms with van der Waals surface area (Å²) in [5.74, 6) is -2.45. The van der Waals surface area contributed by atoms with Gasteiger partial charge in [-0.15, -0.1) is 12.4 Å². The van der Waals surface area contributed by atoms with E-state index in [9.17, 15) is 13.6 Å². The van der Waals surface area contributed by atoms with Crippen molar-refractivity contribution < 1.29 is 13.6 Å². The zero-order valence-electron chi connectivity index (χ0n) is 11.7. The number of benzene rings is 1. The normalized spacial score (nSPS) is 17.4. The molecule has 1 atom stereocenters. The van der Waals surface area contributed by atoms with E-state index < -0.39 is 11.6 Å². The zero-order chi connectivity index (χ0) is 14.7. The van der Waals surface area contributed by atoms with Gasteiger partial charge in [0.2, 0.25) is 0 Å². The molecule has 3 nitrogen and oxygen atoms in total. The van der Waals surface area contributed by atoms with E-state index in [0.29, 0.717) is 13.1 Å². The van der Waals surface area contributed by atoms with Crippen LogP contribution in [0.15, 0.2) is 12.1 Å². The van der Waals surface area contributed by atoms with Crippen LogP contribution in [0.25, 0.3) is 0 Å². The number of hydrogen-bond donors (Lipinski definition) is 1. The molecule has 7 heteroatoms. The first kappa shape index (κ1) is 18.1. The first-order chi connectivity index (χ1) is 9.54. The molecule has 2 rings (SSSR count). The van der Waals surface area contributed by atoms with E-state index in [4.69, 9.17) is 11.6 Å². The van der Waals surface area contributed by atoms with Crippen LogP contribution in [0.3, 0.4) is 0 Å². The Labute approximate surface area is 134 Å². The Morgan fingerprint density at radius 1 is 1.43 bits per heavy atom. The summed E-state index contributed by atoms with van der Waals surface area (Å²) < 4.78 is 26.4. The third-order valence-corrected chi connectivity index (χ3v) is 3.75. The zero-order valence-corrected chi connectivity index (χ0v) is 13.2. The second-order valence-electron chi connectivity index (χ2n) is 4.89. The summed E-state index contributed by atoms with van der Waals surface area (Å²) >= 11 is 5.88. The Balaban J connectivity index is 0.00000220. The number of nitrogens with one attached hydrogen (secondary N) is 1. The molecule has 1 aliphatic heterocycles. The molecule has 0 aromatic heterocycles. The number of halogens is 4. The van der Waals surface area contributed by atoms with Crippen LogP contribution in [0.1, 0.15) is 30.1 Å². The molecule has 1 N–H and O–H groups in total. The summed E-state index contributed by atoms with van der Waals surface area (Å²) in [6.45, 7) is 4.10. The summed E-state index contributed by atoms with van der Waals surface area (Å²) in [7, 11) is 0. The molecule has 0 bridgehead atoms. The van der Waals surface area contributed by atoms with Gasteiger partial charge in [-0.1, -0.05) is 18.5 Å². The van der Waals surface area contributed by atoms with Crippen LogP contribution in [-0.4, -0.2) is 36.5 Å². The van der Waals surface area contributed by atoms with Crippen LogP contribution in [-0.2, 0) is 0 Å². The van der Waals surface area contributed by atoms with Crippen molar-refractivity contribution in [1.82, 2.24) is 10.2 Å². The highest BCUT2D eigenvalue weighted by atomic mass is 35.5. The van der Waals surface area contributed by atoms with Crippen molar-refractivity contribution in [1.29, 1.82) is 0 Å². The highest BCUT2D eigenvalue weighted by Crippen LogP contribution is 2.23. The van der Waals surface area contributed by atoms with E-state index in [-0.39, 0.29) is 34.9 Å². The monoisotopic (exact) mass is 338 g/mol. The maximum atomic E-state index is 13.3. The number of hydrogen-bond acceptors (Lipinski definition) is 2. The fraction of sp³-hybridized carbons (Fsp3) is 0.500. The average Bonchev–Trinajstić information content (AvgIpc) is 2.93. The molecule has 1 saturated heterocycles. The average molecular weight is 339 g/mol. The maximum absolute atomic E-state index is 13.3. The van der Waals surface area contributed by atoms with Crippen molar-refractivity contribution in [3.8, 4) is 0 Å². The van der Waals surface area contributed by atoms with Gasteiger partial charge in [0.05, 0.1) is 10.6 Å². The molecule has 0 saturated carbocycles. The molecule has 1 unspecified atom stereocenters. The lowest BCUT2D eigenvalue weighted by Gasteiger charge is -2.28. The van der Waals surface area contributed by atoms with Gasteiger partial charge in [-0.2, -0.15) is 0 Å². The Morgan fingerprint density at radius 2 is 2.10 bits per heavy atom. The second kappa shape index (κ2) is 7.92. The van der Waals surface area contributed by atoms with Crippen LogP contribution in [0.4, 0.5) is 8.78 Å². The van der Waals surface area contributed by atoms with E-state index in [1.165, 1.54) is 0 Å². The van der Waals surface area contributed by atoms with Gasteiger partial charge in [-0.3, -0.25) is 4.79 Å². The van der Waals surface area contributed by atoms with Crippen molar-refractivity contribution in [3.05, 3.63) is 34.4 Å². The largest absolute Gasteiger partial charge is 0.334 e. The van der Waals surface area contributed by atoms with Gasteiger partial charge >= 0.3 is 0 Å². The van der Waals surface area contributed by atoms with Crippen LogP contribution < -0.4 is 5.32 Å². The van der Waals surface area contributed by atoms with Gasteiger partial charge < -0.3 is 10.2 Å². The lowest BCUT2D eigenvalue weighted by molar-refractivity contribution is 0.0692. The molecule has 1 aromatic carbocycles. The highest BCUT2D eigenvalue weighted by molar-refractivity contribution is 6.33. The summed E-state index contributed by atoms with van der Waals surface area (Å²) in [6.07, 6.45) is 1.65. The van der Waals surface area contributed by atoms with Gasteiger partial charge in [0.25, 0.3) is 5.91 Å². The number of nitrogens with zero attached hydrogens (tertiary/aromatic N) is 1. The quantitative estimate of drug-likeness (QED) is 0.854. The Hall–Kier alpha value is -0.910. The fourth-order valence-electron chi connectivity index (χ4n) is 2.44. The Bertz CT molecular complexity index is 508. The highest BCUT2D eigenvalue weighted by Gasteiger charge is 2.28. The van der Waals surface area contributed by atoms with Crippen LogP contribution in [0.5, 0.6) is 0 Å². The summed E-state index contributed by atoms with van der Waals surface area (Å²) in [5.41, 5.74) is 0.0194. The number of carbonyl (C=O) groups is 1. The predicted octanol–water partition coefficient (Wildman–Crippen LogP) is 3.25. The minimum Gasteiger partial charge on any atom is -0.334 e. The minimum atomic E-state index is -1.06. The van der Waals surface area contributed by atoms with Crippen LogP contribution >= 0.6 is 24.0 Å². The molecule has 1 amide bonds. The second-order valence-corrected chi connectivity index (χ2v) is 5.30. The van der Waals surface area contributed by atoms with E-state index >= 15 is 0 Å².